The van der Waals surface area contributed by atoms with Crippen LogP contribution in [0.25, 0.3) is 22.3 Å². The standard InChI is InChI=1S/C23H17N5O3/c29-23-26-20(14-6-2-1-3-7-14)19(22-24-17-8-4-5-9-18(17)25-22)21(27-23)15-10-12-16(13-11-15)28(30)31/h1-13,21H,(H,24,25)(H2,26,27,29)/t21-/m1/s1. The van der Waals surface area contributed by atoms with E-state index in [4.69, 9.17) is 4.98 Å². The van der Waals surface area contributed by atoms with Crippen LogP contribution in [0.4, 0.5) is 10.5 Å². The number of carbonyl (C=O) groups excluding carboxylic acids is 1. The lowest BCUT2D eigenvalue weighted by molar-refractivity contribution is -0.384. The number of imidazole rings is 1. The minimum Gasteiger partial charge on any atom is -0.338 e. The van der Waals surface area contributed by atoms with Crippen molar-refractivity contribution in [3.8, 4) is 0 Å². The van der Waals surface area contributed by atoms with Gasteiger partial charge in [0.05, 0.1) is 27.7 Å². The van der Waals surface area contributed by atoms with E-state index in [2.05, 4.69) is 15.6 Å². The maximum absolute atomic E-state index is 12.6. The van der Waals surface area contributed by atoms with Crippen molar-refractivity contribution < 1.29 is 9.72 Å². The Balaban J connectivity index is 1.73. The number of fused-ring (bicyclic) bond motifs is 1. The first-order valence-electron chi connectivity index (χ1n) is 9.67. The number of H-pyrrole nitrogens is 1. The zero-order chi connectivity index (χ0) is 21.4. The molecule has 0 saturated carbocycles. The van der Waals surface area contributed by atoms with Crippen LogP contribution in [-0.2, 0) is 0 Å². The number of urea groups is 1. The zero-order valence-corrected chi connectivity index (χ0v) is 16.2. The number of nitro benzene ring substituents is 1. The molecule has 0 unspecified atom stereocenters. The van der Waals surface area contributed by atoms with E-state index in [-0.39, 0.29) is 11.7 Å². The van der Waals surface area contributed by atoms with Gasteiger partial charge in [-0.1, -0.05) is 42.5 Å². The molecule has 3 aromatic carbocycles. The Morgan fingerprint density at radius 1 is 0.903 bits per heavy atom. The van der Waals surface area contributed by atoms with Crippen molar-refractivity contribution in [3.05, 3.63) is 106 Å². The number of nitrogens with zero attached hydrogens (tertiary/aromatic N) is 2. The minimum atomic E-state index is -0.551. The number of hydrogen-bond donors (Lipinski definition) is 3. The molecule has 2 heterocycles. The van der Waals surface area contributed by atoms with Crippen LogP contribution >= 0.6 is 0 Å². The highest BCUT2D eigenvalue weighted by atomic mass is 16.6. The van der Waals surface area contributed by atoms with Gasteiger partial charge in [0.1, 0.15) is 5.82 Å². The number of hydrogen-bond acceptors (Lipinski definition) is 4. The number of nitrogens with one attached hydrogen (secondary N) is 3. The Morgan fingerprint density at radius 2 is 1.61 bits per heavy atom. The fourth-order valence-electron chi connectivity index (χ4n) is 3.77. The first-order chi connectivity index (χ1) is 15.1. The van der Waals surface area contributed by atoms with Crippen molar-refractivity contribution in [1.82, 2.24) is 20.6 Å². The number of rotatable bonds is 4. The molecule has 8 nitrogen and oxygen atoms in total. The van der Waals surface area contributed by atoms with Crippen molar-refractivity contribution in [2.45, 2.75) is 6.04 Å². The van der Waals surface area contributed by atoms with Gasteiger partial charge < -0.3 is 15.6 Å². The van der Waals surface area contributed by atoms with Crippen molar-refractivity contribution >= 4 is 34.0 Å². The van der Waals surface area contributed by atoms with E-state index in [1.807, 2.05) is 54.6 Å². The lowest BCUT2D eigenvalue weighted by atomic mass is 9.92. The molecular weight excluding hydrogens is 394 g/mol. The Labute approximate surface area is 176 Å². The van der Waals surface area contributed by atoms with Gasteiger partial charge in [-0.3, -0.25) is 10.1 Å². The number of aromatic amines is 1. The number of nitro groups is 1. The van der Waals surface area contributed by atoms with E-state index < -0.39 is 11.0 Å². The molecule has 0 radical (unpaired) electrons. The Bertz CT molecular complexity index is 1290. The maximum atomic E-state index is 12.6. The zero-order valence-electron chi connectivity index (χ0n) is 16.2. The molecular formula is C23H17N5O3. The van der Waals surface area contributed by atoms with Gasteiger partial charge in [-0.15, -0.1) is 0 Å². The topological polar surface area (TPSA) is 113 Å². The molecule has 1 atom stereocenters. The predicted molar refractivity (Wildman–Crippen MR) is 117 cm³/mol. The average Bonchev–Trinajstić information content (AvgIpc) is 3.23. The molecule has 0 saturated heterocycles. The molecule has 1 aliphatic rings. The first kappa shape index (κ1) is 18.6. The normalized spacial score (nSPS) is 16.1. The van der Waals surface area contributed by atoms with Crippen molar-refractivity contribution in [2.24, 2.45) is 0 Å². The number of non-ortho nitro benzene ring substituents is 1. The van der Waals surface area contributed by atoms with Gasteiger partial charge in [0.2, 0.25) is 0 Å². The van der Waals surface area contributed by atoms with Gasteiger partial charge in [-0.05, 0) is 35.4 Å². The molecule has 152 valence electrons. The van der Waals surface area contributed by atoms with Crippen LogP contribution in [0.15, 0.2) is 78.9 Å². The average molecular weight is 411 g/mol. The summed E-state index contributed by atoms with van der Waals surface area (Å²) in [7, 11) is 0. The third kappa shape index (κ3) is 3.40. The molecule has 5 rings (SSSR count). The molecule has 1 aliphatic heterocycles. The smallest absolute Gasteiger partial charge is 0.320 e. The maximum Gasteiger partial charge on any atom is 0.320 e. The lowest BCUT2D eigenvalue weighted by Gasteiger charge is -2.30. The molecule has 8 heteroatoms. The summed E-state index contributed by atoms with van der Waals surface area (Å²) in [4.78, 5) is 31.3. The van der Waals surface area contributed by atoms with Crippen LogP contribution < -0.4 is 10.6 Å². The van der Waals surface area contributed by atoms with Crippen LogP contribution in [0, 0.1) is 10.1 Å². The van der Waals surface area contributed by atoms with Gasteiger partial charge in [0.25, 0.3) is 5.69 Å². The molecule has 3 N–H and O–H groups in total. The van der Waals surface area contributed by atoms with Gasteiger partial charge in [0, 0.05) is 17.7 Å². The largest absolute Gasteiger partial charge is 0.338 e. The summed E-state index contributed by atoms with van der Waals surface area (Å²) in [5.74, 6) is 0.607. The van der Waals surface area contributed by atoms with E-state index in [0.717, 1.165) is 22.2 Å². The van der Waals surface area contributed by atoms with E-state index in [1.165, 1.54) is 12.1 Å². The summed E-state index contributed by atoms with van der Waals surface area (Å²) in [5, 5.41) is 16.9. The van der Waals surface area contributed by atoms with Crippen LogP contribution in [-0.4, -0.2) is 20.9 Å². The van der Waals surface area contributed by atoms with Crippen molar-refractivity contribution in [1.29, 1.82) is 0 Å². The summed E-state index contributed by atoms with van der Waals surface area (Å²) in [6, 6.07) is 22.5. The number of amides is 2. The van der Waals surface area contributed by atoms with Crippen molar-refractivity contribution in [3.63, 3.8) is 0 Å². The van der Waals surface area contributed by atoms with Crippen LogP contribution in [0.3, 0.4) is 0 Å². The Kier molecular flexibility index (Phi) is 4.44. The molecule has 4 aromatic rings. The summed E-state index contributed by atoms with van der Waals surface area (Å²) >= 11 is 0. The summed E-state index contributed by atoms with van der Waals surface area (Å²) in [6.07, 6.45) is 0. The molecule has 31 heavy (non-hydrogen) atoms. The molecule has 2 amide bonds. The quantitative estimate of drug-likeness (QED) is 0.341. The second kappa shape index (κ2) is 7.42. The molecule has 0 bridgehead atoms. The predicted octanol–water partition coefficient (Wildman–Crippen LogP) is 4.39. The van der Waals surface area contributed by atoms with Crippen LogP contribution in [0.2, 0.25) is 0 Å². The van der Waals surface area contributed by atoms with E-state index in [1.54, 1.807) is 12.1 Å². The van der Waals surface area contributed by atoms with Crippen LogP contribution in [0.5, 0.6) is 0 Å². The number of benzene rings is 3. The molecule has 0 spiro atoms. The third-order valence-electron chi connectivity index (χ3n) is 5.22. The minimum absolute atomic E-state index is 0.0124. The molecule has 1 aromatic heterocycles. The number of para-hydroxylation sites is 2. The Hall–Kier alpha value is -4.46. The lowest BCUT2D eigenvalue weighted by Crippen LogP contribution is -2.43. The molecule has 0 fully saturated rings. The number of carbonyl (C=O) groups is 1. The van der Waals surface area contributed by atoms with E-state index >= 15 is 0 Å². The highest BCUT2D eigenvalue weighted by Crippen LogP contribution is 2.37. The SMILES string of the molecule is O=C1NC(c2ccccc2)=C(c2nc3ccccc3[nH]2)[C@@H](c2ccc([N+](=O)[O-])cc2)N1. The monoisotopic (exact) mass is 411 g/mol. The van der Waals surface area contributed by atoms with E-state index in [9.17, 15) is 14.9 Å². The van der Waals surface area contributed by atoms with E-state index in [0.29, 0.717) is 17.1 Å². The van der Waals surface area contributed by atoms with Gasteiger partial charge in [0.15, 0.2) is 0 Å². The Morgan fingerprint density at radius 3 is 2.32 bits per heavy atom. The fraction of sp³-hybridized carbons (Fsp3) is 0.0435. The van der Waals surface area contributed by atoms with Gasteiger partial charge in [-0.2, -0.15) is 0 Å². The van der Waals surface area contributed by atoms with Gasteiger partial charge >= 0.3 is 6.03 Å². The second-order valence-corrected chi connectivity index (χ2v) is 7.14. The van der Waals surface area contributed by atoms with Gasteiger partial charge in [-0.25, -0.2) is 9.78 Å². The highest BCUT2D eigenvalue weighted by molar-refractivity contribution is 6.02. The first-order valence-corrected chi connectivity index (χ1v) is 9.67. The fourth-order valence-corrected chi connectivity index (χ4v) is 3.77. The molecule has 0 aliphatic carbocycles. The van der Waals surface area contributed by atoms with Crippen LogP contribution in [0.1, 0.15) is 23.0 Å². The summed E-state index contributed by atoms with van der Waals surface area (Å²) < 4.78 is 0. The summed E-state index contributed by atoms with van der Waals surface area (Å²) in [6.45, 7) is 0. The summed E-state index contributed by atoms with van der Waals surface area (Å²) in [5.41, 5.74) is 4.58. The van der Waals surface area contributed by atoms with Crippen molar-refractivity contribution in [2.75, 3.05) is 0 Å². The third-order valence-corrected chi connectivity index (χ3v) is 5.22. The number of aromatic nitrogens is 2. The highest BCUT2D eigenvalue weighted by Gasteiger charge is 2.32. The second-order valence-electron chi connectivity index (χ2n) is 7.14.